The van der Waals surface area contributed by atoms with Crippen LogP contribution in [0.5, 0.6) is 0 Å². The molecule has 8 nitrogen and oxygen atoms in total. The van der Waals surface area contributed by atoms with Gasteiger partial charge in [-0.2, -0.15) is 4.39 Å². The number of aromatic nitrogens is 2. The number of hydrogen-bond donors (Lipinski definition) is 2. The third kappa shape index (κ3) is 3.84. The lowest BCUT2D eigenvalue weighted by Crippen LogP contribution is -2.41. The number of guanidine groups is 1. The summed E-state index contributed by atoms with van der Waals surface area (Å²) in [5, 5.41) is 3.13. The third-order valence-electron chi connectivity index (χ3n) is 7.17. The second-order valence-electron chi connectivity index (χ2n) is 9.32. The van der Waals surface area contributed by atoms with Crippen molar-refractivity contribution in [2.45, 2.75) is 50.7 Å². The van der Waals surface area contributed by atoms with Crippen LogP contribution in [0.2, 0.25) is 0 Å². The lowest BCUT2D eigenvalue weighted by molar-refractivity contribution is -0.129. The Morgan fingerprint density at radius 3 is 2.64 bits per heavy atom. The highest BCUT2D eigenvalue weighted by Gasteiger charge is 2.50. The monoisotopic (exact) mass is 488 g/mol. The first-order valence-corrected chi connectivity index (χ1v) is 12.2. The molecule has 2 aliphatic rings. The molecule has 1 saturated carbocycles. The number of rotatable bonds is 6. The second kappa shape index (κ2) is 9.22. The summed E-state index contributed by atoms with van der Waals surface area (Å²) in [6.07, 6.45) is 7.33. The molecular weight excluding hydrogens is 459 g/mol. The lowest BCUT2D eigenvalue weighted by atomic mass is 9.83. The van der Waals surface area contributed by atoms with Crippen LogP contribution in [0.3, 0.4) is 0 Å². The third-order valence-corrected chi connectivity index (χ3v) is 7.17. The summed E-state index contributed by atoms with van der Waals surface area (Å²) < 4.78 is 16.3. The van der Waals surface area contributed by atoms with Crippen LogP contribution in [0.15, 0.2) is 59.9 Å². The number of carbonyl (C=O) groups is 2. The quantitative estimate of drug-likeness (QED) is 0.519. The number of nitrogens with one attached hydrogen (secondary N) is 1. The van der Waals surface area contributed by atoms with E-state index in [4.69, 9.17) is 5.73 Å². The molecule has 2 aromatic heterocycles. The summed E-state index contributed by atoms with van der Waals surface area (Å²) in [4.78, 5) is 36.6. The first-order valence-electron chi connectivity index (χ1n) is 12.2. The summed E-state index contributed by atoms with van der Waals surface area (Å²) in [6.45, 7) is 2.47. The highest BCUT2D eigenvalue weighted by Crippen LogP contribution is 2.41. The highest BCUT2D eigenvalue weighted by atomic mass is 19.1. The molecule has 1 aliphatic carbocycles. The predicted octanol–water partition coefficient (Wildman–Crippen LogP) is 3.41. The zero-order valence-corrected chi connectivity index (χ0v) is 20.4. The summed E-state index contributed by atoms with van der Waals surface area (Å²) in [5.41, 5.74) is 7.02. The van der Waals surface area contributed by atoms with Gasteiger partial charge in [0.1, 0.15) is 5.69 Å². The molecule has 0 bridgehead atoms. The van der Waals surface area contributed by atoms with Crippen molar-refractivity contribution in [2.75, 3.05) is 7.05 Å². The van der Waals surface area contributed by atoms with Crippen molar-refractivity contribution in [1.29, 1.82) is 0 Å². The zero-order valence-electron chi connectivity index (χ0n) is 20.4. The molecular formula is C27H29FN6O2. The van der Waals surface area contributed by atoms with Crippen LogP contribution in [-0.4, -0.2) is 45.3 Å². The van der Waals surface area contributed by atoms with Crippen LogP contribution in [-0.2, 0) is 16.9 Å². The Kier molecular flexibility index (Phi) is 6.07. The van der Waals surface area contributed by atoms with Crippen LogP contribution in [0.1, 0.15) is 54.2 Å². The number of nitrogens with zero attached hydrogens (tertiary/aromatic N) is 4. The van der Waals surface area contributed by atoms with Crippen molar-refractivity contribution in [1.82, 2.24) is 19.8 Å². The first-order chi connectivity index (χ1) is 17.3. The molecule has 0 radical (unpaired) electrons. The Morgan fingerprint density at radius 1 is 1.19 bits per heavy atom. The molecule has 3 heterocycles. The maximum absolute atomic E-state index is 14.5. The van der Waals surface area contributed by atoms with E-state index in [1.807, 2.05) is 11.5 Å². The van der Waals surface area contributed by atoms with E-state index < -0.39 is 11.5 Å². The van der Waals surface area contributed by atoms with Gasteiger partial charge in [-0.25, -0.2) is 9.98 Å². The molecule has 1 fully saturated rings. The summed E-state index contributed by atoms with van der Waals surface area (Å²) >= 11 is 0. The maximum atomic E-state index is 14.5. The largest absolute Gasteiger partial charge is 0.369 e. The number of aliphatic imine (C=N–C) groups is 1. The predicted molar refractivity (Wildman–Crippen MR) is 135 cm³/mol. The number of halogens is 1. The van der Waals surface area contributed by atoms with Gasteiger partial charge in [0.2, 0.25) is 5.95 Å². The van der Waals surface area contributed by atoms with E-state index >= 15 is 0 Å². The summed E-state index contributed by atoms with van der Waals surface area (Å²) in [5.74, 6) is -1.06. The van der Waals surface area contributed by atoms with E-state index in [2.05, 4.69) is 15.3 Å². The fourth-order valence-electron chi connectivity index (χ4n) is 5.19. The smallest absolute Gasteiger partial charge is 0.268 e. The van der Waals surface area contributed by atoms with E-state index in [1.54, 1.807) is 55.7 Å². The van der Waals surface area contributed by atoms with Crippen LogP contribution < -0.4 is 11.1 Å². The van der Waals surface area contributed by atoms with Gasteiger partial charge in [-0.1, -0.05) is 31.0 Å². The van der Waals surface area contributed by atoms with E-state index in [1.165, 1.54) is 11.1 Å². The number of aryl methyl sites for hydroxylation is 1. The minimum atomic E-state index is -1.50. The van der Waals surface area contributed by atoms with Crippen LogP contribution in [0.4, 0.5) is 4.39 Å². The molecule has 1 aliphatic heterocycles. The van der Waals surface area contributed by atoms with Gasteiger partial charge >= 0.3 is 0 Å². The Morgan fingerprint density at radius 2 is 1.97 bits per heavy atom. The van der Waals surface area contributed by atoms with Gasteiger partial charge in [0.05, 0.1) is 0 Å². The van der Waals surface area contributed by atoms with Gasteiger partial charge in [-0.3, -0.25) is 14.5 Å². The molecule has 1 aromatic carbocycles. The van der Waals surface area contributed by atoms with Crippen molar-refractivity contribution >= 4 is 17.8 Å². The van der Waals surface area contributed by atoms with Gasteiger partial charge in [-0.15, -0.1) is 0 Å². The lowest BCUT2D eigenvalue weighted by Gasteiger charge is -2.25. The van der Waals surface area contributed by atoms with Crippen LogP contribution >= 0.6 is 0 Å². The Bertz CT molecular complexity index is 1360. The van der Waals surface area contributed by atoms with Crippen molar-refractivity contribution < 1.29 is 14.0 Å². The number of carbonyl (C=O) groups excluding carboxylic acids is 2. The Labute approximate surface area is 209 Å². The SMILES string of the molecule is CCn1cc(C2(c3cccc(-c4cccnc4F)c3)N=C(N)N(C)C2=O)cc1C(=O)NC1CCCC1. The van der Waals surface area contributed by atoms with Gasteiger partial charge < -0.3 is 15.6 Å². The molecule has 0 spiro atoms. The van der Waals surface area contributed by atoms with E-state index in [9.17, 15) is 14.0 Å². The number of hydrogen-bond acceptors (Lipinski definition) is 5. The topological polar surface area (TPSA) is 106 Å². The molecule has 186 valence electrons. The molecule has 1 unspecified atom stereocenters. The molecule has 36 heavy (non-hydrogen) atoms. The molecule has 3 N–H and O–H groups in total. The minimum absolute atomic E-state index is 0.0687. The normalized spacial score (nSPS) is 20.1. The molecule has 1 atom stereocenters. The van der Waals surface area contributed by atoms with E-state index in [0.29, 0.717) is 34.5 Å². The van der Waals surface area contributed by atoms with Gasteiger partial charge in [0.25, 0.3) is 11.8 Å². The molecule has 0 saturated heterocycles. The number of amides is 2. The maximum Gasteiger partial charge on any atom is 0.268 e. The second-order valence-corrected chi connectivity index (χ2v) is 9.32. The summed E-state index contributed by atoms with van der Waals surface area (Å²) in [6, 6.07) is 12.2. The van der Waals surface area contributed by atoms with Crippen LogP contribution in [0.25, 0.3) is 11.1 Å². The molecule has 9 heteroatoms. The Balaban J connectivity index is 1.63. The van der Waals surface area contributed by atoms with Crippen LogP contribution in [0, 0.1) is 5.95 Å². The van der Waals surface area contributed by atoms with Crippen molar-refractivity contribution in [3.05, 3.63) is 77.6 Å². The van der Waals surface area contributed by atoms with Gasteiger partial charge in [0.15, 0.2) is 11.5 Å². The van der Waals surface area contributed by atoms with Crippen molar-refractivity contribution in [2.24, 2.45) is 10.7 Å². The fourth-order valence-corrected chi connectivity index (χ4v) is 5.19. The number of benzene rings is 1. The fraction of sp³-hybridized carbons (Fsp3) is 0.333. The number of likely N-dealkylation sites (N-methyl/N-ethyl adjacent to an activating group) is 1. The highest BCUT2D eigenvalue weighted by molar-refractivity contribution is 6.09. The Hall–Kier alpha value is -4.01. The van der Waals surface area contributed by atoms with Crippen molar-refractivity contribution in [3.8, 4) is 11.1 Å². The van der Waals surface area contributed by atoms with Gasteiger partial charge in [0, 0.05) is 43.2 Å². The zero-order chi connectivity index (χ0) is 25.4. The molecule has 5 rings (SSSR count). The van der Waals surface area contributed by atoms with Gasteiger partial charge in [-0.05, 0) is 55.2 Å². The summed E-state index contributed by atoms with van der Waals surface area (Å²) in [7, 11) is 1.57. The molecule has 2 amide bonds. The minimum Gasteiger partial charge on any atom is -0.369 e. The number of pyridine rings is 1. The van der Waals surface area contributed by atoms with E-state index in [0.717, 1.165) is 25.7 Å². The average Bonchev–Trinajstić information content (AvgIpc) is 3.61. The molecule has 3 aromatic rings. The number of nitrogens with two attached hydrogens (primary N) is 1. The van der Waals surface area contributed by atoms with E-state index in [-0.39, 0.29) is 23.8 Å². The first kappa shape index (κ1) is 23.7. The van der Waals surface area contributed by atoms with Crippen molar-refractivity contribution in [3.63, 3.8) is 0 Å². The standard InChI is InChI=1S/C27H29FN6O2/c1-3-34-16-19(15-22(34)24(35)31-20-10-4-5-11-20)27(25(36)33(2)26(29)32-27)18-9-6-8-17(14-18)21-12-7-13-30-23(21)28/h6-9,12-16,20H,3-5,10-11H2,1-2H3,(H2,29,32)(H,31,35). The average molecular weight is 489 g/mol.